The van der Waals surface area contributed by atoms with Crippen LogP contribution in [0.4, 0.5) is 0 Å². The molecule has 1 aromatic carbocycles. The molecule has 0 spiro atoms. The van der Waals surface area contributed by atoms with Gasteiger partial charge in [0.15, 0.2) is 5.78 Å². The third-order valence-corrected chi connectivity index (χ3v) is 4.72. The van der Waals surface area contributed by atoms with Crippen molar-refractivity contribution in [1.29, 1.82) is 0 Å². The fourth-order valence-corrected chi connectivity index (χ4v) is 2.77. The lowest BCUT2D eigenvalue weighted by Gasteiger charge is -2.30. The number of ketones is 1. The number of carbonyl (C=O) groups is 1. The average molecular weight is 261 g/mol. The molecule has 0 radical (unpaired) electrons. The SMILES string of the molecule is CN(C)C(C)(C)C(=O)Cc1csc2ccccc12. The van der Waals surface area contributed by atoms with Crippen LogP contribution in [0.2, 0.25) is 0 Å². The summed E-state index contributed by atoms with van der Waals surface area (Å²) in [7, 11) is 3.90. The first kappa shape index (κ1) is 13.2. The molecule has 0 N–H and O–H groups in total. The lowest BCUT2D eigenvalue weighted by Crippen LogP contribution is -2.46. The van der Waals surface area contributed by atoms with Gasteiger partial charge in [-0.25, -0.2) is 0 Å². The van der Waals surface area contributed by atoms with Crippen molar-refractivity contribution in [3.63, 3.8) is 0 Å². The van der Waals surface area contributed by atoms with Crippen LogP contribution in [0.25, 0.3) is 10.1 Å². The molecular formula is C15H19NOS. The maximum Gasteiger partial charge on any atom is 0.156 e. The molecular weight excluding hydrogens is 242 g/mol. The van der Waals surface area contributed by atoms with Gasteiger partial charge in [-0.3, -0.25) is 9.69 Å². The fourth-order valence-electron chi connectivity index (χ4n) is 1.81. The number of likely N-dealkylation sites (N-methyl/N-ethyl adjacent to an activating group) is 1. The smallest absolute Gasteiger partial charge is 0.156 e. The second kappa shape index (κ2) is 4.82. The Labute approximate surface area is 112 Å². The summed E-state index contributed by atoms with van der Waals surface area (Å²) in [5.41, 5.74) is 0.735. The lowest BCUT2D eigenvalue weighted by atomic mass is 9.92. The summed E-state index contributed by atoms with van der Waals surface area (Å²) in [4.78, 5) is 14.4. The Morgan fingerprint density at radius 2 is 1.94 bits per heavy atom. The van der Waals surface area contributed by atoms with E-state index in [-0.39, 0.29) is 5.78 Å². The quantitative estimate of drug-likeness (QED) is 0.841. The fraction of sp³-hybridized carbons (Fsp3) is 0.400. The van der Waals surface area contributed by atoms with Crippen molar-refractivity contribution < 1.29 is 4.79 Å². The first-order valence-corrected chi connectivity index (χ1v) is 6.96. The zero-order valence-electron chi connectivity index (χ0n) is 11.4. The highest BCUT2D eigenvalue weighted by Gasteiger charge is 2.29. The minimum atomic E-state index is -0.414. The van der Waals surface area contributed by atoms with E-state index in [4.69, 9.17) is 0 Å². The first-order chi connectivity index (χ1) is 8.43. The van der Waals surface area contributed by atoms with E-state index in [0.717, 1.165) is 5.56 Å². The van der Waals surface area contributed by atoms with Crippen LogP contribution in [-0.4, -0.2) is 30.3 Å². The molecule has 1 aromatic heterocycles. The molecule has 2 aromatic rings. The van der Waals surface area contributed by atoms with Gasteiger partial charge in [-0.15, -0.1) is 11.3 Å². The van der Waals surface area contributed by atoms with Crippen LogP contribution in [0.5, 0.6) is 0 Å². The number of fused-ring (bicyclic) bond motifs is 1. The molecule has 2 rings (SSSR count). The summed E-state index contributed by atoms with van der Waals surface area (Å²) in [5, 5.41) is 3.32. The number of thiophene rings is 1. The molecule has 18 heavy (non-hydrogen) atoms. The molecule has 0 aliphatic rings. The van der Waals surface area contributed by atoms with E-state index >= 15 is 0 Å². The average Bonchev–Trinajstić information content (AvgIpc) is 2.72. The lowest BCUT2D eigenvalue weighted by molar-refractivity contribution is -0.127. The number of benzene rings is 1. The van der Waals surface area contributed by atoms with Crippen LogP contribution in [-0.2, 0) is 11.2 Å². The zero-order valence-corrected chi connectivity index (χ0v) is 12.2. The topological polar surface area (TPSA) is 20.3 Å². The van der Waals surface area contributed by atoms with E-state index in [1.54, 1.807) is 11.3 Å². The van der Waals surface area contributed by atoms with Gasteiger partial charge in [0.05, 0.1) is 5.54 Å². The molecule has 0 aliphatic heterocycles. The molecule has 0 atom stereocenters. The molecule has 0 bridgehead atoms. The molecule has 1 heterocycles. The minimum Gasteiger partial charge on any atom is -0.298 e. The first-order valence-electron chi connectivity index (χ1n) is 6.09. The van der Waals surface area contributed by atoms with Crippen LogP contribution in [0.3, 0.4) is 0 Å². The Balaban J connectivity index is 2.27. The normalized spacial score (nSPS) is 12.3. The largest absolute Gasteiger partial charge is 0.298 e. The third kappa shape index (κ3) is 2.33. The second-order valence-electron chi connectivity index (χ2n) is 5.31. The standard InChI is InChI=1S/C15H19NOS/c1-15(2,16(3)4)14(17)9-11-10-18-13-8-6-5-7-12(11)13/h5-8,10H,9H2,1-4H3. The Morgan fingerprint density at radius 1 is 1.28 bits per heavy atom. The van der Waals surface area contributed by atoms with E-state index < -0.39 is 5.54 Å². The molecule has 0 saturated carbocycles. The van der Waals surface area contributed by atoms with Crippen molar-refractivity contribution in [2.45, 2.75) is 25.8 Å². The Bertz CT molecular complexity index is 569. The van der Waals surface area contributed by atoms with E-state index in [0.29, 0.717) is 6.42 Å². The number of hydrogen-bond donors (Lipinski definition) is 0. The van der Waals surface area contributed by atoms with Gasteiger partial charge < -0.3 is 0 Å². The second-order valence-corrected chi connectivity index (χ2v) is 6.22. The summed E-state index contributed by atoms with van der Waals surface area (Å²) in [6, 6.07) is 8.26. The molecule has 0 aliphatic carbocycles. The van der Waals surface area contributed by atoms with E-state index in [2.05, 4.69) is 17.5 Å². The number of hydrogen-bond acceptors (Lipinski definition) is 3. The van der Waals surface area contributed by atoms with Gasteiger partial charge in [-0.1, -0.05) is 18.2 Å². The monoisotopic (exact) mass is 261 g/mol. The van der Waals surface area contributed by atoms with Gasteiger partial charge in [-0.2, -0.15) is 0 Å². The highest BCUT2D eigenvalue weighted by molar-refractivity contribution is 7.17. The van der Waals surface area contributed by atoms with Gasteiger partial charge in [0.25, 0.3) is 0 Å². The van der Waals surface area contributed by atoms with Gasteiger partial charge in [0.2, 0.25) is 0 Å². The third-order valence-electron chi connectivity index (χ3n) is 3.71. The van der Waals surface area contributed by atoms with Crippen LogP contribution in [0.1, 0.15) is 19.4 Å². The Hall–Kier alpha value is -1.19. The Morgan fingerprint density at radius 3 is 2.61 bits per heavy atom. The maximum absolute atomic E-state index is 12.4. The summed E-state index contributed by atoms with van der Waals surface area (Å²) in [5.74, 6) is 0.260. The molecule has 3 heteroatoms. The summed E-state index contributed by atoms with van der Waals surface area (Å²) in [6.45, 7) is 3.95. The predicted molar refractivity (Wildman–Crippen MR) is 78.3 cm³/mol. The minimum absolute atomic E-state index is 0.260. The summed E-state index contributed by atoms with van der Waals surface area (Å²) < 4.78 is 1.25. The highest BCUT2D eigenvalue weighted by atomic mass is 32.1. The van der Waals surface area contributed by atoms with Gasteiger partial charge in [0, 0.05) is 11.1 Å². The van der Waals surface area contributed by atoms with Crippen molar-refractivity contribution in [2.24, 2.45) is 0 Å². The van der Waals surface area contributed by atoms with Crippen LogP contribution in [0, 0.1) is 0 Å². The van der Waals surface area contributed by atoms with Crippen LogP contribution < -0.4 is 0 Å². The van der Waals surface area contributed by atoms with E-state index in [9.17, 15) is 4.79 Å². The van der Waals surface area contributed by atoms with Crippen molar-refractivity contribution >= 4 is 27.2 Å². The van der Waals surface area contributed by atoms with E-state index in [1.165, 1.54) is 10.1 Å². The van der Waals surface area contributed by atoms with Crippen molar-refractivity contribution in [3.8, 4) is 0 Å². The maximum atomic E-state index is 12.4. The Kier molecular flexibility index (Phi) is 3.55. The molecule has 0 saturated heterocycles. The number of nitrogens with zero attached hydrogens (tertiary/aromatic N) is 1. The van der Waals surface area contributed by atoms with E-state index in [1.807, 2.05) is 45.0 Å². The molecule has 96 valence electrons. The van der Waals surface area contributed by atoms with Crippen LogP contribution >= 0.6 is 11.3 Å². The van der Waals surface area contributed by atoms with Crippen molar-refractivity contribution in [1.82, 2.24) is 4.90 Å². The zero-order chi connectivity index (χ0) is 13.3. The predicted octanol–water partition coefficient (Wildman–Crippen LogP) is 3.35. The van der Waals surface area contributed by atoms with Gasteiger partial charge in [-0.05, 0) is 50.3 Å². The van der Waals surface area contributed by atoms with Gasteiger partial charge in [0.1, 0.15) is 0 Å². The molecule has 0 unspecified atom stereocenters. The van der Waals surface area contributed by atoms with Crippen molar-refractivity contribution in [2.75, 3.05) is 14.1 Å². The number of carbonyl (C=O) groups excluding carboxylic acids is 1. The number of rotatable bonds is 4. The summed E-state index contributed by atoms with van der Waals surface area (Å²) in [6.07, 6.45) is 0.509. The number of Topliss-reactive ketones (excluding diaryl/α,β-unsaturated/α-hetero) is 1. The molecule has 0 fully saturated rings. The van der Waals surface area contributed by atoms with Crippen molar-refractivity contribution in [3.05, 3.63) is 35.2 Å². The van der Waals surface area contributed by atoms with Gasteiger partial charge >= 0.3 is 0 Å². The molecule has 2 nitrogen and oxygen atoms in total. The highest BCUT2D eigenvalue weighted by Crippen LogP contribution is 2.27. The summed E-state index contributed by atoms with van der Waals surface area (Å²) >= 11 is 1.71. The van der Waals surface area contributed by atoms with Crippen LogP contribution in [0.15, 0.2) is 29.6 Å². The molecule has 0 amide bonds.